The van der Waals surface area contributed by atoms with Crippen molar-refractivity contribution in [3.05, 3.63) is 28.5 Å². The number of carbonyl (C=O) groups is 1. The summed E-state index contributed by atoms with van der Waals surface area (Å²) in [4.78, 5) is 11.6. The van der Waals surface area contributed by atoms with Gasteiger partial charge >= 0.3 is 5.97 Å². The normalized spacial score (nSPS) is 20.7. The molecule has 19 heavy (non-hydrogen) atoms. The third-order valence-electron chi connectivity index (χ3n) is 3.95. The second-order valence-corrected chi connectivity index (χ2v) is 5.73. The smallest absolute Gasteiger partial charge is 0.314 e. The SMILES string of the molecule is O=C(O)C1(c2cc(F)cc(Cl)c2OC2CC2)CCC1. The van der Waals surface area contributed by atoms with Gasteiger partial charge in [-0.3, -0.25) is 4.79 Å². The van der Waals surface area contributed by atoms with Crippen LogP contribution in [0.4, 0.5) is 4.39 Å². The molecule has 0 heterocycles. The fraction of sp³-hybridized carbons (Fsp3) is 0.500. The molecule has 0 atom stereocenters. The molecule has 2 aliphatic carbocycles. The first-order valence-corrected chi connectivity index (χ1v) is 6.80. The number of carboxylic acid groups (broad SMARTS) is 1. The Labute approximate surface area is 115 Å². The molecule has 0 amide bonds. The van der Waals surface area contributed by atoms with E-state index in [1.807, 2.05) is 0 Å². The van der Waals surface area contributed by atoms with Crippen LogP contribution in [0.3, 0.4) is 0 Å². The van der Waals surface area contributed by atoms with Gasteiger partial charge < -0.3 is 9.84 Å². The van der Waals surface area contributed by atoms with Crippen LogP contribution in [-0.4, -0.2) is 17.2 Å². The van der Waals surface area contributed by atoms with Crippen molar-refractivity contribution in [2.45, 2.75) is 43.6 Å². The number of hydrogen-bond donors (Lipinski definition) is 1. The number of halogens is 2. The molecule has 102 valence electrons. The van der Waals surface area contributed by atoms with Gasteiger partial charge in [0.25, 0.3) is 0 Å². The lowest BCUT2D eigenvalue weighted by atomic mass is 9.64. The molecule has 3 nitrogen and oxygen atoms in total. The van der Waals surface area contributed by atoms with Gasteiger partial charge in [0.05, 0.1) is 16.5 Å². The minimum Gasteiger partial charge on any atom is -0.489 e. The molecule has 0 aromatic heterocycles. The lowest BCUT2D eigenvalue weighted by Crippen LogP contribution is -2.42. The van der Waals surface area contributed by atoms with Crippen LogP contribution < -0.4 is 4.74 Å². The number of ether oxygens (including phenoxy) is 1. The fourth-order valence-corrected chi connectivity index (χ4v) is 2.77. The summed E-state index contributed by atoms with van der Waals surface area (Å²) in [5.41, 5.74) is -0.640. The van der Waals surface area contributed by atoms with Gasteiger partial charge in [0.2, 0.25) is 0 Å². The van der Waals surface area contributed by atoms with Crippen LogP contribution in [0.25, 0.3) is 0 Å². The Morgan fingerprint density at radius 1 is 1.42 bits per heavy atom. The first-order valence-electron chi connectivity index (χ1n) is 6.42. The molecular weight excluding hydrogens is 271 g/mol. The highest BCUT2D eigenvalue weighted by Gasteiger charge is 2.48. The molecule has 2 fully saturated rings. The molecule has 0 radical (unpaired) electrons. The number of rotatable bonds is 4. The minimum absolute atomic E-state index is 0.0904. The maximum absolute atomic E-state index is 13.6. The van der Waals surface area contributed by atoms with E-state index in [9.17, 15) is 14.3 Å². The van der Waals surface area contributed by atoms with Crippen molar-refractivity contribution in [3.63, 3.8) is 0 Å². The number of carboxylic acids is 1. The average Bonchev–Trinajstić information content (AvgIpc) is 3.04. The Bertz CT molecular complexity index is 536. The van der Waals surface area contributed by atoms with Crippen molar-refractivity contribution in [2.24, 2.45) is 0 Å². The Kier molecular flexibility index (Phi) is 2.93. The van der Waals surface area contributed by atoms with Gasteiger partial charge in [-0.05, 0) is 37.8 Å². The summed E-state index contributed by atoms with van der Waals surface area (Å²) in [6.45, 7) is 0. The highest BCUT2D eigenvalue weighted by molar-refractivity contribution is 6.32. The Morgan fingerprint density at radius 3 is 2.58 bits per heavy atom. The molecule has 0 saturated heterocycles. The summed E-state index contributed by atoms with van der Waals surface area (Å²) < 4.78 is 19.3. The van der Waals surface area contributed by atoms with E-state index in [-0.39, 0.29) is 11.1 Å². The van der Waals surface area contributed by atoms with E-state index in [4.69, 9.17) is 16.3 Å². The maximum Gasteiger partial charge on any atom is 0.314 e. The number of aliphatic carboxylic acids is 1. The second kappa shape index (κ2) is 4.37. The molecule has 2 aliphatic rings. The Hall–Kier alpha value is -1.29. The monoisotopic (exact) mass is 284 g/mol. The summed E-state index contributed by atoms with van der Waals surface area (Å²) in [6, 6.07) is 2.44. The molecule has 0 unspecified atom stereocenters. The Morgan fingerprint density at radius 2 is 2.11 bits per heavy atom. The van der Waals surface area contributed by atoms with Crippen LogP contribution in [0.5, 0.6) is 5.75 Å². The van der Waals surface area contributed by atoms with Gasteiger partial charge in [-0.15, -0.1) is 0 Å². The lowest BCUT2D eigenvalue weighted by Gasteiger charge is -2.39. The molecule has 0 aliphatic heterocycles. The van der Waals surface area contributed by atoms with Crippen molar-refractivity contribution in [1.29, 1.82) is 0 Å². The highest BCUT2D eigenvalue weighted by Crippen LogP contribution is 2.50. The zero-order chi connectivity index (χ0) is 13.6. The average molecular weight is 285 g/mol. The van der Waals surface area contributed by atoms with E-state index in [1.54, 1.807) is 0 Å². The van der Waals surface area contributed by atoms with Crippen LogP contribution in [0.2, 0.25) is 5.02 Å². The van der Waals surface area contributed by atoms with Gasteiger partial charge in [-0.25, -0.2) is 4.39 Å². The summed E-state index contributed by atoms with van der Waals surface area (Å²) >= 11 is 6.04. The van der Waals surface area contributed by atoms with E-state index in [0.29, 0.717) is 24.2 Å². The zero-order valence-corrected chi connectivity index (χ0v) is 11.0. The quantitative estimate of drug-likeness (QED) is 0.920. The van der Waals surface area contributed by atoms with Gasteiger partial charge in [0.1, 0.15) is 11.6 Å². The van der Waals surface area contributed by atoms with Crippen LogP contribution in [0.15, 0.2) is 12.1 Å². The number of hydrogen-bond acceptors (Lipinski definition) is 2. The topological polar surface area (TPSA) is 46.5 Å². The first-order chi connectivity index (χ1) is 9.03. The van der Waals surface area contributed by atoms with E-state index < -0.39 is 17.2 Å². The van der Waals surface area contributed by atoms with Crippen molar-refractivity contribution in [2.75, 3.05) is 0 Å². The van der Waals surface area contributed by atoms with Crippen LogP contribution in [0, 0.1) is 5.82 Å². The van der Waals surface area contributed by atoms with Gasteiger partial charge in [0.15, 0.2) is 0 Å². The molecule has 1 aromatic rings. The van der Waals surface area contributed by atoms with E-state index >= 15 is 0 Å². The minimum atomic E-state index is -1.03. The fourth-order valence-electron chi connectivity index (χ4n) is 2.52. The molecule has 5 heteroatoms. The third kappa shape index (κ3) is 2.08. The standard InChI is InChI=1S/C14H14ClFO3/c15-11-7-8(16)6-10(12(11)19-9-2-3-9)14(13(17)18)4-1-5-14/h6-7,9H,1-5H2,(H,17,18). The van der Waals surface area contributed by atoms with Crippen molar-refractivity contribution in [3.8, 4) is 5.75 Å². The summed E-state index contributed by atoms with van der Waals surface area (Å²) in [5.74, 6) is -1.09. The maximum atomic E-state index is 13.6. The largest absolute Gasteiger partial charge is 0.489 e. The van der Waals surface area contributed by atoms with Crippen LogP contribution >= 0.6 is 11.6 Å². The predicted molar refractivity (Wildman–Crippen MR) is 68.2 cm³/mol. The van der Waals surface area contributed by atoms with Crippen molar-refractivity contribution < 1.29 is 19.0 Å². The molecular formula is C14H14ClFO3. The summed E-state index contributed by atoms with van der Waals surface area (Å²) in [7, 11) is 0. The molecule has 1 N–H and O–H groups in total. The third-order valence-corrected chi connectivity index (χ3v) is 4.23. The van der Waals surface area contributed by atoms with Gasteiger partial charge in [0, 0.05) is 5.56 Å². The molecule has 1 aromatic carbocycles. The van der Waals surface area contributed by atoms with E-state index in [2.05, 4.69) is 0 Å². The van der Waals surface area contributed by atoms with Crippen molar-refractivity contribution >= 4 is 17.6 Å². The van der Waals surface area contributed by atoms with Crippen LogP contribution in [0.1, 0.15) is 37.7 Å². The van der Waals surface area contributed by atoms with Crippen LogP contribution in [-0.2, 0) is 10.2 Å². The lowest BCUT2D eigenvalue weighted by molar-refractivity contribution is -0.147. The summed E-state index contributed by atoms with van der Waals surface area (Å²) in [5, 5.41) is 9.63. The van der Waals surface area contributed by atoms with Gasteiger partial charge in [-0.1, -0.05) is 18.0 Å². The van der Waals surface area contributed by atoms with E-state index in [0.717, 1.165) is 19.3 Å². The molecule has 0 bridgehead atoms. The first kappa shape index (κ1) is 12.7. The zero-order valence-electron chi connectivity index (χ0n) is 10.3. The Balaban J connectivity index is 2.09. The van der Waals surface area contributed by atoms with Crippen molar-refractivity contribution in [1.82, 2.24) is 0 Å². The summed E-state index contributed by atoms with van der Waals surface area (Å²) in [6.07, 6.45) is 3.79. The molecule has 2 saturated carbocycles. The predicted octanol–water partition coefficient (Wildman–Crippen LogP) is 3.53. The molecule has 0 spiro atoms. The highest BCUT2D eigenvalue weighted by atomic mass is 35.5. The van der Waals surface area contributed by atoms with Gasteiger partial charge in [-0.2, -0.15) is 0 Å². The number of benzene rings is 1. The van der Waals surface area contributed by atoms with E-state index in [1.165, 1.54) is 12.1 Å². The second-order valence-electron chi connectivity index (χ2n) is 5.32. The molecule has 3 rings (SSSR count).